The van der Waals surface area contributed by atoms with Crippen molar-refractivity contribution in [2.45, 2.75) is 46.1 Å². The molecule has 0 aromatic carbocycles. The lowest BCUT2D eigenvalue weighted by molar-refractivity contribution is 0.0285. The quantitative estimate of drug-likeness (QED) is 0.586. The van der Waals surface area contributed by atoms with Crippen molar-refractivity contribution in [2.24, 2.45) is 4.99 Å². The molecule has 1 saturated heterocycles. The number of hydrogen-bond donors (Lipinski definition) is 0. The molecule has 0 bridgehead atoms. The summed E-state index contributed by atoms with van der Waals surface area (Å²) in [4.78, 5) is 12.1. The predicted octanol–water partition coefficient (Wildman–Crippen LogP) is 3.37. The summed E-state index contributed by atoms with van der Waals surface area (Å²) in [5, 5.41) is 0.464. The van der Waals surface area contributed by atoms with E-state index in [-0.39, 0.29) is 0 Å². The smallest absolute Gasteiger partial charge is 0.141 e. The first-order chi connectivity index (χ1) is 9.04. The Labute approximate surface area is 120 Å². The van der Waals surface area contributed by atoms with Crippen molar-refractivity contribution in [3.8, 4) is 0 Å². The molecule has 4 nitrogen and oxygen atoms in total. The second-order valence-corrected chi connectivity index (χ2v) is 4.98. The van der Waals surface area contributed by atoms with Crippen LogP contribution in [0.2, 0.25) is 5.15 Å². The summed E-state index contributed by atoms with van der Waals surface area (Å²) in [6, 6.07) is 0. The molecule has 1 aliphatic heterocycles. The van der Waals surface area contributed by atoms with Crippen molar-refractivity contribution in [1.29, 1.82) is 0 Å². The number of hydrogen-bond acceptors (Lipinski definition) is 4. The van der Waals surface area contributed by atoms with Gasteiger partial charge in [0.05, 0.1) is 17.4 Å². The topological polar surface area (TPSA) is 47.4 Å². The van der Waals surface area contributed by atoms with Crippen LogP contribution in [0.3, 0.4) is 0 Å². The normalized spacial score (nSPS) is 19.1. The first-order valence-corrected chi connectivity index (χ1v) is 6.97. The minimum Gasteiger partial charge on any atom is -0.379 e. The maximum absolute atomic E-state index is 5.87. The van der Waals surface area contributed by atoms with Crippen LogP contribution in [0, 0.1) is 13.8 Å². The molecule has 1 aliphatic rings. The summed E-state index contributed by atoms with van der Waals surface area (Å²) in [7, 11) is 1.69. The second-order valence-electron chi connectivity index (χ2n) is 4.63. The maximum atomic E-state index is 5.87. The van der Waals surface area contributed by atoms with Gasteiger partial charge in [-0.1, -0.05) is 11.6 Å². The third-order valence-electron chi connectivity index (χ3n) is 2.87. The molecule has 1 fully saturated rings. The van der Waals surface area contributed by atoms with Gasteiger partial charge in [-0.15, -0.1) is 0 Å². The summed E-state index contributed by atoms with van der Waals surface area (Å²) < 4.78 is 5.28. The van der Waals surface area contributed by atoms with Crippen LogP contribution >= 0.6 is 11.6 Å². The predicted molar refractivity (Wildman–Crippen MR) is 79.3 cm³/mol. The number of ether oxygens (including phenoxy) is 1. The largest absolute Gasteiger partial charge is 0.379 e. The van der Waals surface area contributed by atoms with Crippen LogP contribution in [-0.2, 0) is 4.74 Å². The molecule has 1 aromatic rings. The zero-order chi connectivity index (χ0) is 14.3. The van der Waals surface area contributed by atoms with Gasteiger partial charge in [0.25, 0.3) is 0 Å². The van der Waals surface area contributed by atoms with Gasteiger partial charge in [-0.05, 0) is 40.0 Å². The van der Waals surface area contributed by atoms with Crippen molar-refractivity contribution < 1.29 is 4.74 Å². The molecule has 0 radical (unpaired) electrons. The minimum absolute atomic E-state index is 0.464. The van der Waals surface area contributed by atoms with Crippen LogP contribution in [0.15, 0.2) is 4.99 Å². The van der Waals surface area contributed by atoms with Crippen LogP contribution in [0.1, 0.15) is 43.3 Å². The highest BCUT2D eigenvalue weighted by atomic mass is 35.5. The second kappa shape index (κ2) is 8.23. The summed E-state index contributed by atoms with van der Waals surface area (Å²) in [6.45, 7) is 6.82. The Morgan fingerprint density at radius 1 is 1.32 bits per heavy atom. The van der Waals surface area contributed by atoms with Gasteiger partial charge in [0, 0.05) is 19.9 Å². The van der Waals surface area contributed by atoms with Crippen molar-refractivity contribution in [3.63, 3.8) is 0 Å². The number of nitrogens with zero attached hydrogens (tertiary/aromatic N) is 3. The van der Waals surface area contributed by atoms with E-state index in [4.69, 9.17) is 16.3 Å². The van der Waals surface area contributed by atoms with Crippen molar-refractivity contribution in [3.05, 3.63) is 22.2 Å². The highest BCUT2D eigenvalue weighted by Crippen LogP contribution is 2.13. The van der Waals surface area contributed by atoms with E-state index in [1.807, 2.05) is 13.8 Å². The number of halogens is 1. The van der Waals surface area contributed by atoms with Crippen molar-refractivity contribution in [1.82, 2.24) is 9.97 Å². The summed E-state index contributed by atoms with van der Waals surface area (Å²) in [6.07, 6.45) is 6.09. The molecule has 0 saturated carbocycles. The zero-order valence-corrected chi connectivity index (χ0v) is 12.9. The van der Waals surface area contributed by atoms with E-state index in [2.05, 4.69) is 21.9 Å². The molecule has 0 amide bonds. The number of rotatable bonds is 1. The Kier molecular flexibility index (Phi) is 6.95. The Morgan fingerprint density at radius 3 is 2.47 bits per heavy atom. The van der Waals surface area contributed by atoms with Gasteiger partial charge in [-0.3, -0.25) is 4.99 Å². The number of aryl methyl sites for hydroxylation is 2. The van der Waals surface area contributed by atoms with Gasteiger partial charge in [0.1, 0.15) is 11.0 Å². The van der Waals surface area contributed by atoms with E-state index >= 15 is 0 Å². The van der Waals surface area contributed by atoms with Gasteiger partial charge >= 0.3 is 0 Å². The zero-order valence-electron chi connectivity index (χ0n) is 12.1. The van der Waals surface area contributed by atoms with Gasteiger partial charge in [0.15, 0.2) is 0 Å². The third-order valence-corrected chi connectivity index (χ3v) is 3.16. The van der Waals surface area contributed by atoms with Gasteiger partial charge in [0.2, 0.25) is 0 Å². The van der Waals surface area contributed by atoms with E-state index in [1.165, 1.54) is 19.3 Å². The van der Waals surface area contributed by atoms with Gasteiger partial charge < -0.3 is 4.74 Å². The first kappa shape index (κ1) is 16.1. The van der Waals surface area contributed by atoms with E-state index in [1.54, 1.807) is 13.3 Å². The van der Waals surface area contributed by atoms with Crippen molar-refractivity contribution in [2.75, 3.05) is 13.7 Å². The van der Waals surface area contributed by atoms with E-state index in [0.29, 0.717) is 17.1 Å². The molecule has 2 heterocycles. The van der Waals surface area contributed by atoms with E-state index in [0.717, 1.165) is 17.9 Å². The van der Waals surface area contributed by atoms with Crippen LogP contribution in [0.5, 0.6) is 0 Å². The lowest BCUT2D eigenvalue weighted by atomic mass is 10.1. The van der Waals surface area contributed by atoms with Crippen molar-refractivity contribution >= 4 is 17.8 Å². The molecule has 2 rings (SSSR count). The van der Waals surface area contributed by atoms with Crippen LogP contribution in [-0.4, -0.2) is 35.9 Å². The summed E-state index contributed by atoms with van der Waals surface area (Å²) in [5.41, 5.74) is 1.66. The Morgan fingerprint density at radius 2 is 2.05 bits per heavy atom. The molecular formula is C14H22ClN3O. The van der Waals surface area contributed by atoms with Gasteiger partial charge in [-0.2, -0.15) is 0 Å². The molecular weight excluding hydrogens is 262 g/mol. The van der Waals surface area contributed by atoms with E-state index < -0.39 is 0 Å². The maximum Gasteiger partial charge on any atom is 0.141 e. The standard InChI is InChI=1S/C8H10ClN3.C6H12O/c1-5-7(4-10-3)8(9)12-6(2)11-5;1-6-4-2-3-5-7-6/h4H,1-3H3;6H,2-5H2,1H3. The molecule has 5 heteroatoms. The fourth-order valence-corrected chi connectivity index (χ4v) is 2.16. The fraction of sp³-hybridized carbons (Fsp3) is 0.643. The monoisotopic (exact) mass is 283 g/mol. The van der Waals surface area contributed by atoms with Crippen LogP contribution in [0.4, 0.5) is 0 Å². The van der Waals surface area contributed by atoms with Gasteiger partial charge in [-0.25, -0.2) is 9.97 Å². The first-order valence-electron chi connectivity index (χ1n) is 6.59. The van der Waals surface area contributed by atoms with Crippen LogP contribution < -0.4 is 0 Å². The molecule has 0 N–H and O–H groups in total. The fourth-order valence-electron chi connectivity index (χ4n) is 1.86. The third kappa shape index (κ3) is 5.66. The molecule has 0 spiro atoms. The summed E-state index contributed by atoms with van der Waals surface area (Å²) in [5.74, 6) is 0.686. The molecule has 106 valence electrons. The average molecular weight is 284 g/mol. The Hall–Kier alpha value is -1.00. The lowest BCUT2D eigenvalue weighted by Gasteiger charge is -2.17. The number of aliphatic imine (C=N–C) groups is 1. The molecule has 19 heavy (non-hydrogen) atoms. The highest BCUT2D eigenvalue weighted by Gasteiger charge is 2.06. The van der Waals surface area contributed by atoms with Crippen LogP contribution in [0.25, 0.3) is 0 Å². The Balaban J connectivity index is 0.000000218. The molecule has 1 unspecified atom stereocenters. The number of aromatic nitrogens is 2. The molecule has 1 atom stereocenters. The summed E-state index contributed by atoms with van der Waals surface area (Å²) >= 11 is 5.87. The SMILES string of the molecule is CC1CCCCO1.CN=Cc1c(C)nc(C)nc1Cl. The minimum atomic E-state index is 0.464. The average Bonchev–Trinajstić information content (AvgIpc) is 2.35. The Bertz CT molecular complexity index is 406. The highest BCUT2D eigenvalue weighted by molar-refractivity contribution is 6.32. The molecule has 0 aliphatic carbocycles. The lowest BCUT2D eigenvalue weighted by Crippen LogP contribution is -2.14. The molecule has 1 aromatic heterocycles. The van der Waals surface area contributed by atoms with E-state index in [9.17, 15) is 0 Å².